The number of hydrogen-bond donors (Lipinski definition) is 1. The smallest absolute Gasteiger partial charge is 0.255 e. The number of carbonyl (C=O) groups excluding carboxylic acids is 1. The molecule has 1 aliphatic rings. The van der Waals surface area contributed by atoms with Crippen LogP contribution in [0.5, 0.6) is 0 Å². The predicted molar refractivity (Wildman–Crippen MR) is 133 cm³/mol. The van der Waals surface area contributed by atoms with E-state index in [1.54, 1.807) is 24.3 Å². The molecule has 0 spiro atoms. The number of benzene rings is 3. The molecule has 0 aliphatic carbocycles. The minimum Gasteiger partial charge on any atom is -0.379 e. The van der Waals surface area contributed by atoms with Crippen molar-refractivity contribution in [3.63, 3.8) is 0 Å². The highest BCUT2D eigenvalue weighted by atomic mass is 35.5. The van der Waals surface area contributed by atoms with Crippen molar-refractivity contribution in [2.45, 2.75) is 6.54 Å². The van der Waals surface area contributed by atoms with Gasteiger partial charge in [-0.15, -0.1) is 0 Å². The SMILES string of the molecule is O=C(Nc1cccc(-c2ccc3cc(CN4CCOCC4)ccc3n2)c1)c1ccc(Cl)cc1. The van der Waals surface area contributed by atoms with Crippen LogP contribution in [0, 0.1) is 0 Å². The average Bonchev–Trinajstić information content (AvgIpc) is 2.85. The average molecular weight is 458 g/mol. The molecule has 1 N–H and O–H groups in total. The lowest BCUT2D eigenvalue weighted by molar-refractivity contribution is 0.0342. The van der Waals surface area contributed by atoms with Crippen molar-refractivity contribution in [2.24, 2.45) is 0 Å². The highest BCUT2D eigenvalue weighted by Crippen LogP contribution is 2.25. The molecule has 1 aromatic heterocycles. The molecule has 1 fully saturated rings. The zero-order valence-electron chi connectivity index (χ0n) is 18.1. The monoisotopic (exact) mass is 457 g/mol. The van der Waals surface area contributed by atoms with Gasteiger partial charge in [0, 0.05) is 46.9 Å². The molecule has 0 atom stereocenters. The lowest BCUT2D eigenvalue weighted by Crippen LogP contribution is -2.35. The number of halogens is 1. The van der Waals surface area contributed by atoms with Crippen LogP contribution in [0.4, 0.5) is 5.69 Å². The highest BCUT2D eigenvalue weighted by molar-refractivity contribution is 6.30. The van der Waals surface area contributed by atoms with Gasteiger partial charge in [-0.1, -0.05) is 35.9 Å². The van der Waals surface area contributed by atoms with E-state index < -0.39 is 0 Å². The number of rotatable bonds is 5. The van der Waals surface area contributed by atoms with E-state index in [4.69, 9.17) is 21.3 Å². The van der Waals surface area contributed by atoms with Crippen molar-refractivity contribution in [3.8, 4) is 11.3 Å². The van der Waals surface area contributed by atoms with E-state index in [1.165, 1.54) is 5.56 Å². The Bertz CT molecular complexity index is 1280. The molecule has 4 aromatic rings. The number of ether oxygens (including phenoxy) is 1. The second kappa shape index (κ2) is 9.71. The van der Waals surface area contributed by atoms with Gasteiger partial charge in [-0.3, -0.25) is 9.69 Å². The van der Waals surface area contributed by atoms with Crippen molar-refractivity contribution < 1.29 is 9.53 Å². The number of aromatic nitrogens is 1. The lowest BCUT2D eigenvalue weighted by atomic mass is 10.1. The van der Waals surface area contributed by atoms with E-state index in [0.29, 0.717) is 10.6 Å². The van der Waals surface area contributed by atoms with Crippen molar-refractivity contribution >= 4 is 34.1 Å². The Morgan fingerprint density at radius 2 is 1.79 bits per heavy atom. The van der Waals surface area contributed by atoms with Crippen LogP contribution in [0.3, 0.4) is 0 Å². The third kappa shape index (κ3) is 5.22. The summed E-state index contributed by atoms with van der Waals surface area (Å²) >= 11 is 5.91. The van der Waals surface area contributed by atoms with E-state index in [-0.39, 0.29) is 5.91 Å². The van der Waals surface area contributed by atoms with Crippen LogP contribution in [0.1, 0.15) is 15.9 Å². The second-order valence-corrected chi connectivity index (χ2v) is 8.59. The van der Waals surface area contributed by atoms with Crippen LogP contribution in [0.25, 0.3) is 22.2 Å². The molecular formula is C27H24ClN3O2. The Morgan fingerprint density at radius 3 is 2.61 bits per heavy atom. The van der Waals surface area contributed by atoms with Gasteiger partial charge in [0.25, 0.3) is 5.91 Å². The van der Waals surface area contributed by atoms with Gasteiger partial charge in [-0.25, -0.2) is 4.98 Å². The summed E-state index contributed by atoms with van der Waals surface area (Å²) in [4.78, 5) is 19.8. The number of hydrogen-bond acceptors (Lipinski definition) is 4. The summed E-state index contributed by atoms with van der Waals surface area (Å²) in [5, 5.41) is 4.67. The normalized spacial score (nSPS) is 14.3. The minimum atomic E-state index is -0.178. The Labute approximate surface area is 198 Å². The number of anilines is 1. The van der Waals surface area contributed by atoms with Gasteiger partial charge in [0.2, 0.25) is 0 Å². The van der Waals surface area contributed by atoms with Crippen LogP contribution in [-0.4, -0.2) is 42.1 Å². The number of amides is 1. The zero-order chi connectivity index (χ0) is 22.6. The van der Waals surface area contributed by atoms with E-state index >= 15 is 0 Å². The Morgan fingerprint density at radius 1 is 0.970 bits per heavy atom. The number of morpholine rings is 1. The van der Waals surface area contributed by atoms with Crippen molar-refractivity contribution in [1.29, 1.82) is 0 Å². The standard InChI is InChI=1S/C27H24ClN3O2/c28-23-8-5-20(6-9-23)27(32)29-24-3-1-2-21(17-24)26-11-7-22-16-19(4-10-25(22)30-26)18-31-12-14-33-15-13-31/h1-11,16-17H,12-15,18H2,(H,29,32). The molecule has 166 valence electrons. The number of nitrogens with zero attached hydrogens (tertiary/aromatic N) is 2. The third-order valence-corrected chi connectivity index (χ3v) is 6.04. The summed E-state index contributed by atoms with van der Waals surface area (Å²) in [6, 6.07) is 25.1. The van der Waals surface area contributed by atoms with Crippen LogP contribution < -0.4 is 5.32 Å². The van der Waals surface area contributed by atoms with Crippen molar-refractivity contribution in [3.05, 3.63) is 95.0 Å². The minimum absolute atomic E-state index is 0.178. The van der Waals surface area contributed by atoms with Crippen LogP contribution >= 0.6 is 11.6 Å². The zero-order valence-corrected chi connectivity index (χ0v) is 18.9. The fraction of sp³-hybridized carbons (Fsp3) is 0.185. The van der Waals surface area contributed by atoms with Gasteiger partial charge in [0.15, 0.2) is 0 Å². The Hall–Kier alpha value is -3.25. The summed E-state index contributed by atoms with van der Waals surface area (Å²) in [6.45, 7) is 4.48. The molecule has 33 heavy (non-hydrogen) atoms. The summed E-state index contributed by atoms with van der Waals surface area (Å²) in [5.74, 6) is -0.178. The van der Waals surface area contributed by atoms with Gasteiger partial charge in [0.1, 0.15) is 0 Å². The molecule has 6 heteroatoms. The maximum atomic E-state index is 12.5. The van der Waals surface area contributed by atoms with Gasteiger partial charge < -0.3 is 10.1 Å². The van der Waals surface area contributed by atoms with Crippen molar-refractivity contribution in [2.75, 3.05) is 31.6 Å². The highest BCUT2D eigenvalue weighted by Gasteiger charge is 2.12. The first kappa shape index (κ1) is 21.6. The molecule has 0 radical (unpaired) electrons. The summed E-state index contributed by atoms with van der Waals surface area (Å²) in [7, 11) is 0. The Balaban J connectivity index is 1.33. The number of pyridine rings is 1. The first-order chi connectivity index (χ1) is 16.1. The third-order valence-electron chi connectivity index (χ3n) is 5.79. The molecule has 1 saturated heterocycles. The van der Waals surface area contributed by atoms with E-state index in [0.717, 1.165) is 60.7 Å². The van der Waals surface area contributed by atoms with E-state index in [2.05, 4.69) is 34.5 Å². The van der Waals surface area contributed by atoms with Gasteiger partial charge in [-0.05, 0) is 60.2 Å². The molecule has 5 nitrogen and oxygen atoms in total. The summed E-state index contributed by atoms with van der Waals surface area (Å²) < 4.78 is 5.44. The van der Waals surface area contributed by atoms with Gasteiger partial charge in [-0.2, -0.15) is 0 Å². The second-order valence-electron chi connectivity index (χ2n) is 8.15. The summed E-state index contributed by atoms with van der Waals surface area (Å²) in [6.07, 6.45) is 0. The Kier molecular flexibility index (Phi) is 6.35. The predicted octanol–water partition coefficient (Wildman–Crippen LogP) is 5.64. The molecule has 5 rings (SSSR count). The summed E-state index contributed by atoms with van der Waals surface area (Å²) in [5.41, 5.74) is 5.32. The molecule has 0 saturated carbocycles. The first-order valence-corrected chi connectivity index (χ1v) is 11.4. The molecule has 0 unspecified atom stereocenters. The quantitative estimate of drug-likeness (QED) is 0.421. The van der Waals surface area contributed by atoms with E-state index in [9.17, 15) is 4.79 Å². The van der Waals surface area contributed by atoms with Crippen LogP contribution in [0.2, 0.25) is 5.02 Å². The fourth-order valence-electron chi connectivity index (χ4n) is 4.01. The molecular weight excluding hydrogens is 434 g/mol. The maximum absolute atomic E-state index is 12.5. The molecule has 0 bridgehead atoms. The number of nitrogens with one attached hydrogen (secondary N) is 1. The van der Waals surface area contributed by atoms with Crippen LogP contribution in [0.15, 0.2) is 78.9 Å². The van der Waals surface area contributed by atoms with Gasteiger partial charge >= 0.3 is 0 Å². The topological polar surface area (TPSA) is 54.5 Å². The van der Waals surface area contributed by atoms with E-state index in [1.807, 2.05) is 30.3 Å². The fourth-order valence-corrected chi connectivity index (χ4v) is 4.14. The lowest BCUT2D eigenvalue weighted by Gasteiger charge is -2.26. The number of carbonyl (C=O) groups is 1. The molecule has 2 heterocycles. The van der Waals surface area contributed by atoms with Crippen LogP contribution in [-0.2, 0) is 11.3 Å². The number of fused-ring (bicyclic) bond motifs is 1. The van der Waals surface area contributed by atoms with Crippen molar-refractivity contribution in [1.82, 2.24) is 9.88 Å². The van der Waals surface area contributed by atoms with Gasteiger partial charge in [0.05, 0.1) is 24.4 Å². The molecule has 1 aliphatic heterocycles. The maximum Gasteiger partial charge on any atom is 0.255 e. The largest absolute Gasteiger partial charge is 0.379 e. The molecule has 1 amide bonds. The first-order valence-electron chi connectivity index (χ1n) is 11.0. The molecule has 3 aromatic carbocycles.